The second kappa shape index (κ2) is 14.6. The average Bonchev–Trinajstić information content (AvgIpc) is 3.21. The topological polar surface area (TPSA) is 58.0 Å². The summed E-state index contributed by atoms with van der Waals surface area (Å²) in [7, 11) is 0. The Hall–Kier alpha value is -5.56. The lowest BCUT2D eigenvalue weighted by Gasteiger charge is -2.45. The molecule has 0 amide bonds. The quantitative estimate of drug-likeness (QED) is 0.144. The van der Waals surface area contributed by atoms with Gasteiger partial charge in [0.25, 0.3) is 0 Å². The number of rotatable bonds is 10. The van der Waals surface area contributed by atoms with Gasteiger partial charge in [-0.2, -0.15) is 0 Å². The Bertz CT molecular complexity index is 2140. The van der Waals surface area contributed by atoms with E-state index in [1.807, 2.05) is 24.8 Å². The van der Waals surface area contributed by atoms with E-state index in [2.05, 4.69) is 131 Å². The molecule has 4 aromatic heterocycles. The first-order valence-corrected chi connectivity index (χ1v) is 18.6. The van der Waals surface area contributed by atoms with E-state index in [9.17, 15) is 0 Å². The van der Waals surface area contributed by atoms with Crippen LogP contribution in [-0.4, -0.2) is 41.8 Å². The van der Waals surface area contributed by atoms with Gasteiger partial charge in [-0.25, -0.2) is 0 Å². The second-order valence-electron chi connectivity index (χ2n) is 14.1. The molecule has 52 heavy (non-hydrogen) atoms. The number of hydrogen-bond acceptors (Lipinski definition) is 6. The summed E-state index contributed by atoms with van der Waals surface area (Å²) in [6, 6.07) is 43.6. The summed E-state index contributed by atoms with van der Waals surface area (Å²) < 4.78 is 0. The summed E-state index contributed by atoms with van der Waals surface area (Å²) in [5.41, 5.74) is 4.45. The van der Waals surface area contributed by atoms with Crippen molar-refractivity contribution >= 4 is 43.1 Å². The number of aromatic nitrogens is 4. The second-order valence-corrected chi connectivity index (χ2v) is 14.1. The monoisotopic (exact) mass is 678 g/mol. The van der Waals surface area contributed by atoms with Crippen molar-refractivity contribution in [2.45, 2.75) is 63.9 Å². The Morgan fingerprint density at radius 1 is 0.365 bits per heavy atom. The minimum atomic E-state index is 0.264. The van der Waals surface area contributed by atoms with E-state index in [0.717, 1.165) is 61.8 Å². The summed E-state index contributed by atoms with van der Waals surface area (Å²) in [6.07, 6.45) is 12.5. The smallest absolute Gasteiger partial charge is 0.0622 e. The lowest BCUT2D eigenvalue weighted by atomic mass is 9.87. The van der Waals surface area contributed by atoms with Crippen molar-refractivity contribution in [3.8, 4) is 0 Å². The van der Waals surface area contributed by atoms with Gasteiger partial charge in [0.05, 0.1) is 22.8 Å². The van der Waals surface area contributed by atoms with Crippen LogP contribution in [0.2, 0.25) is 0 Å². The van der Waals surface area contributed by atoms with Crippen LogP contribution in [0.1, 0.15) is 48.5 Å². The molecule has 4 heterocycles. The molecule has 9 rings (SSSR count). The Morgan fingerprint density at radius 2 is 0.635 bits per heavy atom. The molecule has 0 aliphatic heterocycles. The highest BCUT2D eigenvalue weighted by atomic mass is 15.3. The first-order valence-electron chi connectivity index (χ1n) is 18.6. The zero-order chi connectivity index (χ0) is 34.7. The molecule has 256 valence electrons. The average molecular weight is 679 g/mol. The summed E-state index contributed by atoms with van der Waals surface area (Å²) in [6.45, 7) is 2.95. The third-order valence-electron chi connectivity index (χ3n) is 11.1. The first kappa shape index (κ1) is 32.4. The molecule has 8 aromatic rings. The van der Waals surface area contributed by atoms with Crippen LogP contribution in [0.15, 0.2) is 146 Å². The van der Waals surface area contributed by atoms with Gasteiger partial charge in [-0.15, -0.1) is 0 Å². The molecule has 1 saturated carbocycles. The van der Waals surface area contributed by atoms with Crippen LogP contribution >= 0.6 is 0 Å². The number of pyridine rings is 4. The van der Waals surface area contributed by atoms with Crippen LogP contribution in [-0.2, 0) is 26.2 Å². The third kappa shape index (κ3) is 6.52. The van der Waals surface area contributed by atoms with E-state index in [-0.39, 0.29) is 12.1 Å². The highest BCUT2D eigenvalue weighted by molar-refractivity contribution is 5.86. The van der Waals surface area contributed by atoms with Crippen molar-refractivity contribution in [2.24, 2.45) is 0 Å². The van der Waals surface area contributed by atoms with E-state index in [4.69, 9.17) is 19.9 Å². The molecule has 0 saturated heterocycles. The molecule has 1 fully saturated rings. The largest absolute Gasteiger partial charge is 0.287 e. The molecule has 6 heteroatoms. The van der Waals surface area contributed by atoms with Gasteiger partial charge >= 0.3 is 0 Å². The van der Waals surface area contributed by atoms with Gasteiger partial charge in [-0.3, -0.25) is 29.7 Å². The minimum Gasteiger partial charge on any atom is -0.287 e. The van der Waals surface area contributed by atoms with E-state index >= 15 is 0 Å². The van der Waals surface area contributed by atoms with Crippen molar-refractivity contribution in [3.63, 3.8) is 0 Å². The fourth-order valence-electron chi connectivity index (χ4n) is 8.53. The van der Waals surface area contributed by atoms with E-state index in [1.54, 1.807) is 0 Å². The summed E-state index contributed by atoms with van der Waals surface area (Å²) in [4.78, 5) is 25.5. The van der Waals surface area contributed by atoms with Crippen LogP contribution in [0.4, 0.5) is 0 Å². The van der Waals surface area contributed by atoms with Crippen molar-refractivity contribution in [1.29, 1.82) is 0 Å². The number of benzene rings is 4. The molecular formula is C46H42N6. The normalized spacial score (nSPS) is 16.4. The number of hydrogen-bond donors (Lipinski definition) is 0. The lowest BCUT2D eigenvalue weighted by molar-refractivity contribution is 0.0281. The van der Waals surface area contributed by atoms with Crippen molar-refractivity contribution < 1.29 is 0 Å². The number of nitrogens with zero attached hydrogens (tertiary/aromatic N) is 6. The molecule has 2 atom stereocenters. The van der Waals surface area contributed by atoms with Gasteiger partial charge in [0.2, 0.25) is 0 Å². The maximum Gasteiger partial charge on any atom is 0.0622 e. The van der Waals surface area contributed by atoms with Gasteiger partial charge in [0, 0.05) is 84.6 Å². The van der Waals surface area contributed by atoms with Gasteiger partial charge in [-0.05, 0) is 58.7 Å². The molecule has 0 bridgehead atoms. The summed E-state index contributed by atoms with van der Waals surface area (Å²) in [5, 5.41) is 9.75. The molecule has 1 aliphatic rings. The number of fused-ring (bicyclic) bond motifs is 4. The van der Waals surface area contributed by atoms with Crippen LogP contribution in [0, 0.1) is 0 Å². The Labute approximate surface area is 304 Å². The molecule has 0 spiro atoms. The van der Waals surface area contributed by atoms with Gasteiger partial charge < -0.3 is 0 Å². The molecule has 0 N–H and O–H groups in total. The van der Waals surface area contributed by atoms with E-state index in [1.165, 1.54) is 55.9 Å². The molecule has 0 radical (unpaired) electrons. The van der Waals surface area contributed by atoms with E-state index in [0.29, 0.717) is 0 Å². The molecule has 6 nitrogen and oxygen atoms in total. The van der Waals surface area contributed by atoms with Gasteiger partial charge in [0.15, 0.2) is 0 Å². The highest BCUT2D eigenvalue weighted by Crippen LogP contribution is 2.34. The standard InChI is InChI=1S/C46H42N6/c1-5-15-37-33(11-1)21-25-47-41(37)29-51(30-42-38-16-6-2-12-34(38)22-26-48-42)45-19-9-10-20-46(45)52(31-43-39-17-7-3-13-35(39)23-27-49-43)32-44-40-18-8-4-14-36(40)24-28-50-44/h1-8,11-18,21-28,45-46H,9-10,19-20,29-32H2/t45-,46-/m0/s1. The Balaban J connectivity index is 1.16. The SMILES string of the molecule is c1ccc2c(CN(Cc3nccc4ccccc34)[C@H]3CCCC[C@@H]3N(Cc3nccc4ccccc34)Cc3nccc4ccccc34)nccc2c1. The van der Waals surface area contributed by atoms with Crippen molar-refractivity contribution in [2.75, 3.05) is 0 Å². The fraction of sp³-hybridized carbons (Fsp3) is 0.217. The van der Waals surface area contributed by atoms with Crippen LogP contribution < -0.4 is 0 Å². The molecule has 1 aliphatic carbocycles. The van der Waals surface area contributed by atoms with Crippen molar-refractivity contribution in [1.82, 2.24) is 29.7 Å². The predicted octanol–water partition coefficient (Wildman–Crippen LogP) is 9.90. The highest BCUT2D eigenvalue weighted by Gasteiger charge is 2.36. The minimum absolute atomic E-state index is 0.264. The zero-order valence-electron chi connectivity index (χ0n) is 29.4. The summed E-state index contributed by atoms with van der Waals surface area (Å²) >= 11 is 0. The maximum absolute atomic E-state index is 5.02. The zero-order valence-corrected chi connectivity index (χ0v) is 29.4. The van der Waals surface area contributed by atoms with Gasteiger partial charge in [-0.1, -0.05) is 110 Å². The Kier molecular flexibility index (Phi) is 9.07. The predicted molar refractivity (Wildman–Crippen MR) is 212 cm³/mol. The fourth-order valence-corrected chi connectivity index (χ4v) is 8.53. The lowest BCUT2D eigenvalue weighted by Crippen LogP contribution is -2.52. The third-order valence-corrected chi connectivity index (χ3v) is 11.1. The van der Waals surface area contributed by atoms with Gasteiger partial charge in [0.1, 0.15) is 0 Å². The van der Waals surface area contributed by atoms with Crippen molar-refractivity contribution in [3.05, 3.63) is 169 Å². The van der Waals surface area contributed by atoms with Crippen LogP contribution in [0.5, 0.6) is 0 Å². The van der Waals surface area contributed by atoms with Crippen LogP contribution in [0.3, 0.4) is 0 Å². The maximum atomic E-state index is 5.02. The van der Waals surface area contributed by atoms with Crippen LogP contribution in [0.25, 0.3) is 43.1 Å². The molecular weight excluding hydrogens is 637 g/mol. The Morgan fingerprint density at radius 3 is 0.923 bits per heavy atom. The van der Waals surface area contributed by atoms with E-state index < -0.39 is 0 Å². The molecule has 0 unspecified atom stereocenters. The first-order chi connectivity index (χ1) is 25.8. The molecule has 4 aromatic carbocycles. The summed E-state index contributed by atoms with van der Waals surface area (Å²) in [5.74, 6) is 0.